The van der Waals surface area contributed by atoms with E-state index in [0.717, 1.165) is 5.56 Å². The molecule has 0 saturated heterocycles. The molecule has 0 aliphatic heterocycles. The molecule has 0 fully saturated rings. The molecule has 1 amide bonds. The average Bonchev–Trinajstić information content (AvgIpc) is 2.44. The van der Waals surface area contributed by atoms with Crippen molar-refractivity contribution in [1.29, 1.82) is 0 Å². The molecule has 1 unspecified atom stereocenters. The molecule has 1 aromatic rings. The van der Waals surface area contributed by atoms with Crippen molar-refractivity contribution in [2.24, 2.45) is 5.73 Å². The van der Waals surface area contributed by atoms with E-state index in [9.17, 15) is 4.79 Å². The molecule has 1 atom stereocenters. The lowest BCUT2D eigenvalue weighted by Gasteiger charge is -2.20. The van der Waals surface area contributed by atoms with Crippen molar-refractivity contribution in [2.45, 2.75) is 13.0 Å². The molecule has 0 radical (unpaired) electrons. The van der Waals surface area contributed by atoms with Gasteiger partial charge in [-0.05, 0) is 6.92 Å². The minimum absolute atomic E-state index is 0.0644. The number of benzene rings is 1. The highest BCUT2D eigenvalue weighted by atomic mass is 16.5. The van der Waals surface area contributed by atoms with E-state index >= 15 is 0 Å². The highest BCUT2D eigenvalue weighted by Crippen LogP contribution is 2.38. The van der Waals surface area contributed by atoms with E-state index < -0.39 is 0 Å². The summed E-state index contributed by atoms with van der Waals surface area (Å²) in [6.45, 7) is 1.77. The van der Waals surface area contributed by atoms with Crippen LogP contribution in [0.15, 0.2) is 12.1 Å². The van der Waals surface area contributed by atoms with Gasteiger partial charge in [0.05, 0.1) is 39.5 Å². The van der Waals surface area contributed by atoms with Crippen molar-refractivity contribution >= 4 is 5.91 Å². The van der Waals surface area contributed by atoms with Gasteiger partial charge >= 0.3 is 0 Å². The van der Waals surface area contributed by atoms with Gasteiger partial charge in [0.15, 0.2) is 0 Å². The van der Waals surface area contributed by atoms with Gasteiger partial charge in [-0.2, -0.15) is 0 Å². The van der Waals surface area contributed by atoms with E-state index in [2.05, 4.69) is 5.32 Å². The Balaban J connectivity index is 3.19. The van der Waals surface area contributed by atoms with E-state index in [1.807, 2.05) is 6.92 Å². The quantitative estimate of drug-likeness (QED) is 0.799. The fourth-order valence-electron chi connectivity index (χ4n) is 1.83. The second kappa shape index (κ2) is 6.84. The van der Waals surface area contributed by atoms with Crippen molar-refractivity contribution < 1.29 is 19.0 Å². The van der Waals surface area contributed by atoms with Crippen LogP contribution in [0, 0.1) is 0 Å². The van der Waals surface area contributed by atoms with Crippen LogP contribution in [-0.2, 0) is 4.79 Å². The van der Waals surface area contributed by atoms with E-state index in [-0.39, 0.29) is 18.5 Å². The first-order chi connectivity index (χ1) is 9.07. The van der Waals surface area contributed by atoms with Crippen molar-refractivity contribution in [1.82, 2.24) is 5.32 Å². The lowest BCUT2D eigenvalue weighted by atomic mass is 10.0. The van der Waals surface area contributed by atoms with Crippen molar-refractivity contribution in [2.75, 3.05) is 27.9 Å². The van der Waals surface area contributed by atoms with Crippen LogP contribution in [0.1, 0.15) is 18.5 Å². The molecular weight excluding hydrogens is 248 g/mol. The van der Waals surface area contributed by atoms with E-state index in [0.29, 0.717) is 17.2 Å². The molecule has 0 bridgehead atoms. The van der Waals surface area contributed by atoms with Crippen LogP contribution in [0.5, 0.6) is 17.2 Å². The molecule has 0 aromatic heterocycles. The Bertz CT molecular complexity index is 423. The summed E-state index contributed by atoms with van der Waals surface area (Å²) in [4.78, 5) is 11.4. The molecule has 0 aliphatic carbocycles. The Morgan fingerprint density at radius 3 is 2.11 bits per heavy atom. The predicted octanol–water partition coefficient (Wildman–Crippen LogP) is 0.848. The fourth-order valence-corrected chi connectivity index (χ4v) is 1.83. The number of carbonyl (C=O) groups is 1. The molecule has 1 aromatic carbocycles. The maximum absolute atomic E-state index is 11.4. The predicted molar refractivity (Wildman–Crippen MR) is 71.7 cm³/mol. The monoisotopic (exact) mass is 268 g/mol. The third kappa shape index (κ3) is 3.51. The average molecular weight is 268 g/mol. The molecule has 3 N–H and O–H groups in total. The number of hydrogen-bond donors (Lipinski definition) is 2. The van der Waals surface area contributed by atoms with Gasteiger partial charge in [-0.25, -0.2) is 0 Å². The van der Waals surface area contributed by atoms with Gasteiger partial charge in [-0.15, -0.1) is 0 Å². The van der Waals surface area contributed by atoms with E-state index in [1.165, 1.54) is 0 Å². The summed E-state index contributed by atoms with van der Waals surface area (Å²) < 4.78 is 15.8. The van der Waals surface area contributed by atoms with Crippen LogP contribution in [0.2, 0.25) is 0 Å². The van der Waals surface area contributed by atoms with Crippen molar-refractivity contribution in [3.8, 4) is 17.2 Å². The molecule has 6 nitrogen and oxygen atoms in total. The van der Waals surface area contributed by atoms with Crippen LogP contribution in [0.3, 0.4) is 0 Å². The molecule has 0 spiro atoms. The highest BCUT2D eigenvalue weighted by Gasteiger charge is 2.20. The van der Waals surface area contributed by atoms with Gasteiger partial charge < -0.3 is 25.3 Å². The lowest BCUT2D eigenvalue weighted by Crippen LogP contribution is -2.32. The van der Waals surface area contributed by atoms with Crippen LogP contribution >= 0.6 is 0 Å². The van der Waals surface area contributed by atoms with Crippen molar-refractivity contribution in [3.63, 3.8) is 0 Å². The largest absolute Gasteiger partial charge is 0.496 e. The number of carbonyl (C=O) groups excluding carboxylic acids is 1. The number of nitrogens with one attached hydrogen (secondary N) is 1. The van der Waals surface area contributed by atoms with Crippen LogP contribution < -0.4 is 25.3 Å². The third-order valence-corrected chi connectivity index (χ3v) is 2.75. The summed E-state index contributed by atoms with van der Waals surface area (Å²) in [5, 5.41) is 2.77. The first-order valence-electron chi connectivity index (χ1n) is 5.86. The maximum atomic E-state index is 11.4. The number of nitrogens with two attached hydrogens (primary N) is 1. The summed E-state index contributed by atoms with van der Waals surface area (Å²) in [5.74, 6) is 1.55. The summed E-state index contributed by atoms with van der Waals surface area (Å²) in [6, 6.07) is 3.19. The van der Waals surface area contributed by atoms with E-state index in [1.54, 1.807) is 33.5 Å². The number of methoxy groups -OCH3 is 3. The molecule has 19 heavy (non-hydrogen) atoms. The van der Waals surface area contributed by atoms with Crippen LogP contribution in [0.4, 0.5) is 0 Å². The first-order valence-corrected chi connectivity index (χ1v) is 5.86. The molecule has 1 rings (SSSR count). The van der Waals surface area contributed by atoms with Gasteiger partial charge in [0.1, 0.15) is 17.2 Å². The Kier molecular flexibility index (Phi) is 5.44. The zero-order valence-corrected chi connectivity index (χ0v) is 11.6. The first kappa shape index (κ1) is 15.1. The van der Waals surface area contributed by atoms with Crippen LogP contribution in [0.25, 0.3) is 0 Å². The zero-order chi connectivity index (χ0) is 14.4. The van der Waals surface area contributed by atoms with Gasteiger partial charge in [-0.1, -0.05) is 0 Å². The Morgan fingerprint density at radius 1 is 1.21 bits per heavy atom. The number of rotatable bonds is 6. The zero-order valence-electron chi connectivity index (χ0n) is 11.6. The molecule has 0 heterocycles. The Hall–Kier alpha value is -1.95. The molecule has 0 saturated carbocycles. The maximum Gasteiger partial charge on any atom is 0.234 e. The summed E-state index contributed by atoms with van der Waals surface area (Å²) in [7, 11) is 4.66. The lowest BCUT2D eigenvalue weighted by molar-refractivity contribution is -0.120. The molecular formula is C13H20N2O4. The third-order valence-electron chi connectivity index (χ3n) is 2.75. The van der Waals surface area contributed by atoms with Gasteiger partial charge in [0, 0.05) is 12.1 Å². The van der Waals surface area contributed by atoms with Gasteiger partial charge in [0.2, 0.25) is 5.91 Å². The Morgan fingerprint density at radius 2 is 1.74 bits per heavy atom. The van der Waals surface area contributed by atoms with Crippen molar-refractivity contribution in [3.05, 3.63) is 17.7 Å². The molecule has 106 valence electrons. The molecule has 0 aliphatic rings. The standard InChI is InChI=1S/C13H20N2O4/c1-8(15-12(16)7-14)13-10(18-3)5-9(17-2)6-11(13)19-4/h5-6,8H,7,14H2,1-4H3,(H,15,16). The summed E-state index contributed by atoms with van der Waals surface area (Å²) in [6.07, 6.45) is 0. The van der Waals surface area contributed by atoms with E-state index in [4.69, 9.17) is 19.9 Å². The topological polar surface area (TPSA) is 82.8 Å². The van der Waals surface area contributed by atoms with Crippen LogP contribution in [-0.4, -0.2) is 33.8 Å². The van der Waals surface area contributed by atoms with Gasteiger partial charge in [0.25, 0.3) is 0 Å². The minimum Gasteiger partial charge on any atom is -0.496 e. The number of amides is 1. The SMILES string of the molecule is COc1cc(OC)c(C(C)NC(=O)CN)c(OC)c1. The summed E-state index contributed by atoms with van der Waals surface area (Å²) >= 11 is 0. The van der Waals surface area contributed by atoms with Gasteiger partial charge in [-0.3, -0.25) is 4.79 Å². The number of hydrogen-bond acceptors (Lipinski definition) is 5. The fraction of sp³-hybridized carbons (Fsp3) is 0.462. The smallest absolute Gasteiger partial charge is 0.234 e. The molecule has 6 heteroatoms. The summed E-state index contributed by atoms with van der Waals surface area (Å²) in [5.41, 5.74) is 6.03. The highest BCUT2D eigenvalue weighted by molar-refractivity contribution is 5.78. The second-order valence-corrected chi connectivity index (χ2v) is 3.94. The minimum atomic E-state index is -0.285. The second-order valence-electron chi connectivity index (χ2n) is 3.94. The normalized spacial score (nSPS) is 11.6. The number of ether oxygens (including phenoxy) is 3. The Labute approximate surface area is 112 Å².